The Labute approximate surface area is 429 Å². The Morgan fingerprint density at radius 3 is 1.03 bits per heavy atom. The molecule has 72 heavy (non-hydrogen) atoms. The van der Waals surface area contributed by atoms with E-state index in [1.165, 1.54) is 0 Å². The van der Waals surface area contributed by atoms with Crippen LogP contribution in [0.25, 0.3) is 0 Å². The second kappa shape index (κ2) is 28.7. The highest BCUT2D eigenvalue weighted by atomic mass is 32.2. The van der Waals surface area contributed by atoms with Gasteiger partial charge in [0.15, 0.2) is 0 Å². The summed E-state index contributed by atoms with van der Waals surface area (Å²) in [6.45, 7) is 7.65. The molecule has 0 spiro atoms. The Balaban J connectivity index is 0.000000195. The molecular formula is C62H67FO8S. The molecule has 0 amide bonds. The van der Waals surface area contributed by atoms with Gasteiger partial charge in [0.2, 0.25) is 6.36 Å². The Morgan fingerprint density at radius 1 is 0.361 bits per heavy atom. The lowest BCUT2D eigenvalue weighted by Crippen LogP contribution is -2.55. The monoisotopic (exact) mass is 990 g/mol. The molecule has 0 bridgehead atoms. The minimum absolute atomic E-state index is 0.0675. The minimum Gasteiger partial charge on any atom is -0.374 e. The fourth-order valence-corrected chi connectivity index (χ4v) is 9.96. The number of halogens is 1. The van der Waals surface area contributed by atoms with Crippen molar-refractivity contribution in [3.05, 3.63) is 246 Å². The molecule has 0 N–H and O–H groups in total. The molecule has 0 radical (unpaired) electrons. The predicted octanol–water partition coefficient (Wildman–Crippen LogP) is 13.2. The zero-order valence-corrected chi connectivity index (χ0v) is 42.0. The number of benzene rings is 7. The van der Waals surface area contributed by atoms with E-state index >= 15 is 4.39 Å². The SMILES string of the molecule is C[C@H]1C(COCc2ccccc2)OC(F)C(OCc2ccccc2)[C@@H]1OCc1ccccc1.C[C@H]1C(COCc2ccccc2)O[C@@H](Sc2ccccc2)C(OCc2ccccc2)[C@@H]1OCc1ccccc1. The number of hydrogen-bond acceptors (Lipinski definition) is 9. The normalized spacial score (nSPS) is 23.9. The van der Waals surface area contributed by atoms with Crippen LogP contribution in [0, 0.1) is 11.8 Å². The van der Waals surface area contributed by atoms with Crippen molar-refractivity contribution in [2.24, 2.45) is 11.8 Å². The quantitative estimate of drug-likeness (QED) is 0.0660. The average molecular weight is 991 g/mol. The molecule has 7 aromatic rings. The molecule has 10 heteroatoms. The Kier molecular flexibility index (Phi) is 21.0. The molecule has 10 atom stereocenters. The summed E-state index contributed by atoms with van der Waals surface area (Å²) < 4.78 is 65.3. The molecular weight excluding hydrogens is 924 g/mol. The summed E-state index contributed by atoms with van der Waals surface area (Å²) in [5.41, 5.74) is 6.25. The smallest absolute Gasteiger partial charge is 0.228 e. The fourth-order valence-electron chi connectivity index (χ4n) is 8.82. The molecule has 8 nitrogen and oxygen atoms in total. The number of ether oxygens (including phenoxy) is 8. The largest absolute Gasteiger partial charge is 0.374 e. The van der Waals surface area contributed by atoms with E-state index in [2.05, 4.69) is 67.6 Å². The Bertz CT molecular complexity index is 2520. The summed E-state index contributed by atoms with van der Waals surface area (Å²) in [5.74, 6) is -0.0462. The average Bonchev–Trinajstić information content (AvgIpc) is 3.43. The van der Waals surface area contributed by atoms with E-state index in [1.54, 1.807) is 11.8 Å². The lowest BCUT2D eigenvalue weighted by Gasteiger charge is -2.45. The molecule has 7 aromatic carbocycles. The first-order valence-electron chi connectivity index (χ1n) is 25.0. The van der Waals surface area contributed by atoms with Crippen LogP contribution in [0.3, 0.4) is 0 Å². The van der Waals surface area contributed by atoms with E-state index < -0.39 is 24.7 Å². The fraction of sp³-hybridized carbons (Fsp3) is 0.323. The van der Waals surface area contributed by atoms with Gasteiger partial charge < -0.3 is 37.9 Å². The third kappa shape index (κ3) is 16.3. The van der Waals surface area contributed by atoms with Crippen molar-refractivity contribution >= 4 is 11.8 Å². The van der Waals surface area contributed by atoms with Gasteiger partial charge in [-0.3, -0.25) is 0 Å². The predicted molar refractivity (Wildman–Crippen MR) is 281 cm³/mol. The van der Waals surface area contributed by atoms with Gasteiger partial charge in [0.1, 0.15) is 17.6 Å². The van der Waals surface area contributed by atoms with Crippen molar-refractivity contribution in [2.75, 3.05) is 13.2 Å². The summed E-state index contributed by atoms with van der Waals surface area (Å²) in [7, 11) is 0. The molecule has 5 unspecified atom stereocenters. The van der Waals surface area contributed by atoms with Gasteiger partial charge in [-0.25, -0.2) is 4.39 Å². The van der Waals surface area contributed by atoms with Crippen LogP contribution in [-0.2, 0) is 77.5 Å². The van der Waals surface area contributed by atoms with Gasteiger partial charge in [0, 0.05) is 16.7 Å². The Morgan fingerprint density at radius 2 is 0.653 bits per heavy atom. The standard InChI is InChI=1S/C34H36O4S.C28H31FO4/c1-26-31(25-35-22-27-14-6-2-7-15-27)38-34(39-30-20-12-5-13-21-30)33(37-24-29-18-10-4-11-19-29)32(26)36-23-28-16-8-3-9-17-28;1-21-25(20-30-17-22-11-5-2-6-12-22)33-28(29)27(32-19-24-15-9-4-10-16-24)26(21)31-18-23-13-7-3-8-14-23/h2-21,26,31-34H,22-25H2,1H3;2-16,21,25-28H,17-20H2,1H3/t26-,31?,32+,33?,34-;21-,25?,26+,27?,28?/m00/s1. The molecule has 2 aliphatic heterocycles. The lowest BCUT2D eigenvalue weighted by molar-refractivity contribution is -0.273. The van der Waals surface area contributed by atoms with Crippen molar-refractivity contribution in [1.29, 1.82) is 0 Å². The first-order valence-corrected chi connectivity index (χ1v) is 25.9. The van der Waals surface area contributed by atoms with Crippen LogP contribution >= 0.6 is 11.8 Å². The number of alkyl halides is 1. The van der Waals surface area contributed by atoms with Crippen LogP contribution in [0.4, 0.5) is 4.39 Å². The lowest BCUT2D eigenvalue weighted by atomic mass is 9.90. The van der Waals surface area contributed by atoms with Crippen molar-refractivity contribution in [2.45, 2.75) is 107 Å². The molecule has 2 aliphatic rings. The van der Waals surface area contributed by atoms with Gasteiger partial charge in [0.05, 0.1) is 77.3 Å². The van der Waals surface area contributed by atoms with Crippen LogP contribution in [0.15, 0.2) is 217 Å². The molecule has 0 aliphatic carbocycles. The number of hydrogen-bond donors (Lipinski definition) is 0. The summed E-state index contributed by atoms with van der Waals surface area (Å²) in [4.78, 5) is 1.14. The van der Waals surface area contributed by atoms with E-state index in [4.69, 9.17) is 37.9 Å². The molecule has 2 saturated heterocycles. The highest BCUT2D eigenvalue weighted by Gasteiger charge is 2.47. The maximum atomic E-state index is 15.2. The highest BCUT2D eigenvalue weighted by molar-refractivity contribution is 7.99. The second-order valence-electron chi connectivity index (χ2n) is 18.3. The number of thioether (sulfide) groups is 1. The first kappa shape index (κ1) is 52.8. The molecule has 0 aromatic heterocycles. The van der Waals surface area contributed by atoms with Crippen LogP contribution in [0.2, 0.25) is 0 Å². The maximum Gasteiger partial charge on any atom is 0.228 e. The van der Waals surface area contributed by atoms with Crippen molar-refractivity contribution in [1.82, 2.24) is 0 Å². The van der Waals surface area contributed by atoms with E-state index in [9.17, 15) is 0 Å². The third-order valence-corrected chi connectivity index (χ3v) is 14.1. The van der Waals surface area contributed by atoms with Crippen LogP contribution in [0.5, 0.6) is 0 Å². The van der Waals surface area contributed by atoms with Crippen LogP contribution in [-0.4, -0.2) is 61.6 Å². The molecule has 0 saturated carbocycles. The van der Waals surface area contributed by atoms with Crippen LogP contribution < -0.4 is 0 Å². The zero-order chi connectivity index (χ0) is 49.6. The van der Waals surface area contributed by atoms with E-state index in [0.29, 0.717) is 46.2 Å². The minimum atomic E-state index is -1.60. The first-order chi connectivity index (χ1) is 35.5. The summed E-state index contributed by atoms with van der Waals surface area (Å²) in [6, 6.07) is 70.7. The van der Waals surface area contributed by atoms with Crippen LogP contribution in [0.1, 0.15) is 47.2 Å². The number of rotatable bonds is 22. The topological polar surface area (TPSA) is 73.8 Å². The summed E-state index contributed by atoms with van der Waals surface area (Å²) in [6.07, 6.45) is -3.89. The zero-order valence-electron chi connectivity index (χ0n) is 41.2. The molecule has 376 valence electrons. The third-order valence-electron chi connectivity index (χ3n) is 12.9. The van der Waals surface area contributed by atoms with Gasteiger partial charge in [-0.05, 0) is 45.5 Å². The second-order valence-corrected chi connectivity index (χ2v) is 19.4. The van der Waals surface area contributed by atoms with Crippen molar-refractivity contribution in [3.8, 4) is 0 Å². The van der Waals surface area contributed by atoms with Gasteiger partial charge in [-0.1, -0.05) is 226 Å². The van der Waals surface area contributed by atoms with E-state index in [-0.39, 0.29) is 42.2 Å². The van der Waals surface area contributed by atoms with Gasteiger partial charge in [-0.2, -0.15) is 0 Å². The van der Waals surface area contributed by atoms with Gasteiger partial charge in [0.25, 0.3) is 0 Å². The molecule has 9 rings (SSSR count). The van der Waals surface area contributed by atoms with E-state index in [0.717, 1.165) is 38.3 Å². The van der Waals surface area contributed by atoms with Gasteiger partial charge >= 0.3 is 0 Å². The van der Waals surface area contributed by atoms with Crippen molar-refractivity contribution < 1.29 is 42.3 Å². The summed E-state index contributed by atoms with van der Waals surface area (Å²) in [5, 5.41) is 0. The summed E-state index contributed by atoms with van der Waals surface area (Å²) >= 11 is 1.69. The Hall–Kier alpha value is -5.50. The van der Waals surface area contributed by atoms with Gasteiger partial charge in [-0.15, -0.1) is 0 Å². The molecule has 2 heterocycles. The maximum absolute atomic E-state index is 15.2. The highest BCUT2D eigenvalue weighted by Crippen LogP contribution is 2.39. The van der Waals surface area contributed by atoms with Crippen molar-refractivity contribution in [3.63, 3.8) is 0 Å². The molecule has 2 fully saturated rings. The van der Waals surface area contributed by atoms with E-state index in [1.807, 2.05) is 159 Å².